The van der Waals surface area contributed by atoms with E-state index in [-0.39, 0.29) is 0 Å². The van der Waals surface area contributed by atoms with Gasteiger partial charge in [0.1, 0.15) is 0 Å². The summed E-state index contributed by atoms with van der Waals surface area (Å²) in [5.74, 6) is -1.35. The maximum atomic E-state index is 9.42. The van der Waals surface area contributed by atoms with Crippen LogP contribution in [0, 0.1) is 10.3 Å². The second-order valence-electron chi connectivity index (χ2n) is 0.929. The monoisotopic (exact) mass is 116 g/mol. The minimum absolute atomic E-state index is 0.650. The van der Waals surface area contributed by atoms with Crippen molar-refractivity contribution in [1.29, 1.82) is 5.41 Å². The van der Waals surface area contributed by atoms with Crippen molar-refractivity contribution in [3.8, 4) is 0 Å². The molecule has 0 saturated carbocycles. The largest absolute Gasteiger partial charge is 0.409 e. The van der Waals surface area contributed by atoms with Crippen LogP contribution in [0.25, 0.3) is 0 Å². The molecule has 0 heterocycles. The zero-order valence-electron chi connectivity index (χ0n) is 3.83. The number of oxime groups is 1. The fraction of sp³-hybridized carbons (Fsp3) is 0. The lowest BCUT2D eigenvalue weighted by Gasteiger charge is -1.84. The molecule has 0 amide bonds. The van der Waals surface area contributed by atoms with Gasteiger partial charge in [-0.25, -0.2) is 0 Å². The second kappa shape index (κ2) is 2.67. The van der Waals surface area contributed by atoms with Crippen LogP contribution in [0.2, 0.25) is 0 Å². The zero-order chi connectivity index (χ0) is 6.57. The molecule has 4 N–H and O–H groups in total. The number of nitroso groups, excluding NO2 is 1. The van der Waals surface area contributed by atoms with E-state index in [4.69, 9.17) is 10.6 Å². The van der Waals surface area contributed by atoms with Crippen LogP contribution in [0.4, 0.5) is 0 Å². The number of amidine groups is 2. The zero-order valence-corrected chi connectivity index (χ0v) is 3.83. The summed E-state index contributed by atoms with van der Waals surface area (Å²) in [5, 5.41) is 18.6. The highest BCUT2D eigenvalue weighted by atomic mass is 16.4. The first-order valence-corrected chi connectivity index (χ1v) is 1.62. The van der Waals surface area contributed by atoms with Crippen LogP contribution in [0.3, 0.4) is 0 Å². The first-order valence-electron chi connectivity index (χ1n) is 1.62. The third kappa shape index (κ3) is 1.33. The average Bonchev–Trinajstić information content (AvgIpc) is 1.69. The van der Waals surface area contributed by atoms with E-state index in [1.165, 1.54) is 0 Å². The summed E-state index contributed by atoms with van der Waals surface area (Å²) in [7, 11) is 0. The first kappa shape index (κ1) is 6.54. The van der Waals surface area contributed by atoms with Crippen LogP contribution in [0.1, 0.15) is 0 Å². The van der Waals surface area contributed by atoms with Crippen LogP contribution in [0.5, 0.6) is 0 Å². The van der Waals surface area contributed by atoms with E-state index >= 15 is 0 Å². The maximum Gasteiger partial charge on any atom is 0.275 e. The quantitative estimate of drug-likeness (QED) is 0.130. The van der Waals surface area contributed by atoms with Gasteiger partial charge in [0, 0.05) is 0 Å². The Morgan fingerprint density at radius 3 is 2.25 bits per heavy atom. The summed E-state index contributed by atoms with van der Waals surface area (Å²) in [6.07, 6.45) is 0. The Balaban J connectivity index is 4.13. The standard InChI is InChI=1S/C2H4N4O2/c3-1(4)2(5-7)6-8/h7H,(H3,3,4). The smallest absolute Gasteiger partial charge is 0.275 e. The minimum Gasteiger partial charge on any atom is -0.409 e. The van der Waals surface area contributed by atoms with Gasteiger partial charge in [0.15, 0.2) is 5.84 Å². The van der Waals surface area contributed by atoms with Gasteiger partial charge in [0.05, 0.1) is 0 Å². The van der Waals surface area contributed by atoms with E-state index in [9.17, 15) is 4.91 Å². The molecule has 0 aliphatic heterocycles. The Bertz CT molecular complexity index is 139. The van der Waals surface area contributed by atoms with Crippen molar-refractivity contribution in [1.82, 2.24) is 0 Å². The van der Waals surface area contributed by atoms with Crippen molar-refractivity contribution in [3.63, 3.8) is 0 Å². The van der Waals surface area contributed by atoms with Crippen molar-refractivity contribution in [2.24, 2.45) is 16.1 Å². The van der Waals surface area contributed by atoms with Crippen molar-refractivity contribution in [2.45, 2.75) is 0 Å². The van der Waals surface area contributed by atoms with Crippen molar-refractivity contribution >= 4 is 11.7 Å². The number of nitrogens with one attached hydrogen (secondary N) is 1. The summed E-state index contributed by atoms with van der Waals surface area (Å²) < 4.78 is 0. The predicted molar refractivity (Wildman–Crippen MR) is 26.9 cm³/mol. The number of hydrogen-bond acceptors (Lipinski definition) is 4. The molecule has 6 heteroatoms. The minimum atomic E-state index is -0.704. The molecule has 6 nitrogen and oxygen atoms in total. The van der Waals surface area contributed by atoms with Gasteiger partial charge in [-0.1, -0.05) is 5.16 Å². The van der Waals surface area contributed by atoms with Gasteiger partial charge < -0.3 is 10.9 Å². The van der Waals surface area contributed by atoms with E-state index in [2.05, 4.69) is 16.1 Å². The molecule has 0 aromatic rings. The number of nitrogens with two attached hydrogens (primary N) is 1. The summed E-state index contributed by atoms with van der Waals surface area (Å²) in [6.45, 7) is 0. The van der Waals surface area contributed by atoms with Gasteiger partial charge in [0.25, 0.3) is 5.84 Å². The van der Waals surface area contributed by atoms with Gasteiger partial charge in [0.2, 0.25) is 0 Å². The fourth-order valence-corrected chi connectivity index (χ4v) is 0.121. The Kier molecular flexibility index (Phi) is 2.18. The van der Waals surface area contributed by atoms with Gasteiger partial charge in [-0.05, 0) is 5.18 Å². The van der Waals surface area contributed by atoms with Crippen LogP contribution < -0.4 is 5.73 Å². The normalized spacial score (nSPS) is 10.8. The van der Waals surface area contributed by atoms with Gasteiger partial charge in [-0.15, -0.1) is 4.91 Å². The van der Waals surface area contributed by atoms with E-state index in [0.29, 0.717) is 0 Å². The Morgan fingerprint density at radius 2 is 2.25 bits per heavy atom. The number of nitrogens with zero attached hydrogens (tertiary/aromatic N) is 2. The molecule has 0 bridgehead atoms. The third-order valence-electron chi connectivity index (χ3n) is 0.422. The molecule has 0 unspecified atom stereocenters. The first-order chi connectivity index (χ1) is 3.72. The molecule has 0 saturated heterocycles. The summed E-state index contributed by atoms with van der Waals surface area (Å²) in [6, 6.07) is 0. The molecule has 0 spiro atoms. The number of hydrogen-bond donors (Lipinski definition) is 3. The fourth-order valence-electron chi connectivity index (χ4n) is 0.121. The van der Waals surface area contributed by atoms with E-state index < -0.39 is 11.7 Å². The highest BCUT2D eigenvalue weighted by Gasteiger charge is 2.00. The molecule has 0 fully saturated rings. The van der Waals surface area contributed by atoms with Crippen molar-refractivity contribution in [3.05, 3.63) is 4.91 Å². The summed E-state index contributed by atoms with van der Waals surface area (Å²) in [5.41, 5.74) is 4.66. The number of rotatable bonds is 0. The SMILES string of the molecule is N=C(N)C(N=O)=NO. The Labute approximate surface area is 44.5 Å². The molecule has 0 aliphatic rings. The van der Waals surface area contributed by atoms with Crippen LogP contribution >= 0.6 is 0 Å². The van der Waals surface area contributed by atoms with Crippen LogP contribution in [-0.2, 0) is 0 Å². The molecule has 44 valence electrons. The molecule has 0 aliphatic carbocycles. The van der Waals surface area contributed by atoms with Crippen molar-refractivity contribution in [2.75, 3.05) is 0 Å². The van der Waals surface area contributed by atoms with Crippen LogP contribution in [-0.4, -0.2) is 16.9 Å². The van der Waals surface area contributed by atoms with Gasteiger partial charge in [-0.3, -0.25) is 5.41 Å². The van der Waals surface area contributed by atoms with E-state index in [1.807, 2.05) is 0 Å². The Morgan fingerprint density at radius 1 is 1.75 bits per heavy atom. The lowest BCUT2D eigenvalue weighted by molar-refractivity contribution is 0.319. The third-order valence-corrected chi connectivity index (χ3v) is 0.422. The van der Waals surface area contributed by atoms with E-state index in [1.54, 1.807) is 0 Å². The maximum absolute atomic E-state index is 9.42. The highest BCUT2D eigenvalue weighted by Crippen LogP contribution is 1.74. The van der Waals surface area contributed by atoms with Gasteiger partial charge >= 0.3 is 0 Å². The highest BCUT2D eigenvalue weighted by molar-refractivity contribution is 6.38. The molecule has 0 aromatic carbocycles. The lowest BCUT2D eigenvalue weighted by Crippen LogP contribution is -2.19. The lowest BCUT2D eigenvalue weighted by atomic mass is 10.6. The average molecular weight is 116 g/mol. The molecule has 0 aromatic heterocycles. The second-order valence-corrected chi connectivity index (χ2v) is 0.929. The van der Waals surface area contributed by atoms with Crippen LogP contribution in [0.15, 0.2) is 10.3 Å². The van der Waals surface area contributed by atoms with E-state index in [0.717, 1.165) is 0 Å². The Hall–Kier alpha value is -1.46. The predicted octanol–water partition coefficient (Wildman–Crippen LogP) is -0.524. The summed E-state index contributed by atoms with van der Waals surface area (Å²) in [4.78, 5) is 9.42. The van der Waals surface area contributed by atoms with Crippen molar-refractivity contribution < 1.29 is 5.21 Å². The molecule has 0 atom stereocenters. The van der Waals surface area contributed by atoms with Gasteiger partial charge in [-0.2, -0.15) is 0 Å². The molecule has 0 radical (unpaired) electrons. The molecular formula is C2H4N4O2. The summed E-state index contributed by atoms with van der Waals surface area (Å²) >= 11 is 0. The molecule has 8 heavy (non-hydrogen) atoms. The molecule has 0 rings (SSSR count). The molecular weight excluding hydrogens is 112 g/mol. The topological polar surface area (TPSA) is 112 Å².